The SMILES string of the molecule is CC[C@H](CC[C@@H](C)[C@H]1CC[C@H]2[C@@H]3CC(=O)C4=CC(=O)/C(=C\c5ccco5)C[C@]4(C)[C@H]3CC[C@]12C)C(C)C. The third-order valence-corrected chi connectivity index (χ3v) is 11.8. The van der Waals surface area contributed by atoms with Gasteiger partial charge in [0.2, 0.25) is 0 Å². The van der Waals surface area contributed by atoms with Crippen LogP contribution in [0.15, 0.2) is 40.0 Å². The van der Waals surface area contributed by atoms with Crippen molar-refractivity contribution in [3.63, 3.8) is 0 Å². The fourth-order valence-electron chi connectivity index (χ4n) is 9.71. The number of carbonyl (C=O) groups is 2. The second kappa shape index (κ2) is 10.0. The molecule has 0 spiro atoms. The van der Waals surface area contributed by atoms with Gasteiger partial charge in [-0.15, -0.1) is 0 Å². The highest BCUT2D eigenvalue weighted by atomic mass is 16.3. The first-order valence-electron chi connectivity index (χ1n) is 15.1. The predicted molar refractivity (Wildman–Crippen MR) is 150 cm³/mol. The quantitative estimate of drug-likeness (QED) is 0.349. The van der Waals surface area contributed by atoms with Crippen molar-refractivity contribution >= 4 is 17.6 Å². The Morgan fingerprint density at radius 2 is 1.86 bits per heavy atom. The van der Waals surface area contributed by atoms with E-state index in [9.17, 15) is 9.59 Å². The van der Waals surface area contributed by atoms with E-state index in [2.05, 4.69) is 41.5 Å². The van der Waals surface area contributed by atoms with Gasteiger partial charge in [0.25, 0.3) is 0 Å². The highest BCUT2D eigenvalue weighted by molar-refractivity contribution is 6.14. The van der Waals surface area contributed by atoms with E-state index in [-0.39, 0.29) is 17.0 Å². The van der Waals surface area contributed by atoms with Crippen LogP contribution in [0.2, 0.25) is 0 Å². The number of fused-ring (bicyclic) bond motifs is 5. The number of hydrogen-bond donors (Lipinski definition) is 0. The third-order valence-electron chi connectivity index (χ3n) is 11.8. The standard InChI is InChI=1S/C34H48O3/c1-7-23(21(2)3)11-10-22(4)27-12-13-28-26-18-32(36)30-19-31(35)24(17-25-9-8-16-37-25)20-34(30,6)29(26)14-15-33(27,28)5/h8-9,16-17,19,21-23,26-29H,7,10-15,18,20H2,1-6H3/b24-17-/t22-,23-,26+,27-,28+,29+,33-,34-/m1/s1. The summed E-state index contributed by atoms with van der Waals surface area (Å²) in [6, 6.07) is 3.75. The van der Waals surface area contributed by atoms with Gasteiger partial charge in [-0.3, -0.25) is 9.59 Å². The topological polar surface area (TPSA) is 47.3 Å². The van der Waals surface area contributed by atoms with Gasteiger partial charge in [-0.25, -0.2) is 0 Å². The molecule has 0 aliphatic heterocycles. The van der Waals surface area contributed by atoms with E-state index in [0.717, 1.165) is 34.8 Å². The van der Waals surface area contributed by atoms with Crippen molar-refractivity contribution in [1.82, 2.24) is 0 Å². The molecule has 3 heteroatoms. The number of hydrogen-bond acceptors (Lipinski definition) is 3. The van der Waals surface area contributed by atoms with Crippen molar-refractivity contribution in [3.05, 3.63) is 41.4 Å². The second-order valence-electron chi connectivity index (χ2n) is 13.9. The molecule has 8 atom stereocenters. The summed E-state index contributed by atoms with van der Waals surface area (Å²) in [5.74, 6) is 5.61. The monoisotopic (exact) mass is 504 g/mol. The van der Waals surface area contributed by atoms with Gasteiger partial charge in [0.1, 0.15) is 5.76 Å². The second-order valence-corrected chi connectivity index (χ2v) is 13.9. The predicted octanol–water partition coefficient (Wildman–Crippen LogP) is 8.70. The van der Waals surface area contributed by atoms with Crippen LogP contribution in [0.1, 0.15) is 105 Å². The van der Waals surface area contributed by atoms with Crippen LogP contribution in [0.3, 0.4) is 0 Å². The van der Waals surface area contributed by atoms with Crippen LogP contribution in [-0.2, 0) is 9.59 Å². The third kappa shape index (κ3) is 4.53. The van der Waals surface area contributed by atoms with E-state index in [4.69, 9.17) is 4.42 Å². The average Bonchev–Trinajstić information content (AvgIpc) is 3.48. The van der Waals surface area contributed by atoms with Crippen LogP contribution in [-0.4, -0.2) is 11.6 Å². The molecule has 1 heterocycles. The average molecular weight is 505 g/mol. The highest BCUT2D eigenvalue weighted by Crippen LogP contribution is 2.67. The van der Waals surface area contributed by atoms with Crippen LogP contribution in [0.5, 0.6) is 0 Å². The van der Waals surface area contributed by atoms with Gasteiger partial charge in [0, 0.05) is 23.0 Å². The first-order chi connectivity index (χ1) is 17.6. The van der Waals surface area contributed by atoms with Gasteiger partial charge >= 0.3 is 0 Å². The fraction of sp³-hybridized carbons (Fsp3) is 0.706. The molecule has 3 saturated carbocycles. The van der Waals surface area contributed by atoms with Crippen LogP contribution in [0, 0.1) is 52.3 Å². The molecule has 1 aromatic heterocycles. The molecule has 0 amide bonds. The Hall–Kier alpha value is -1.90. The maximum absolute atomic E-state index is 13.6. The van der Waals surface area contributed by atoms with Crippen molar-refractivity contribution in [1.29, 1.82) is 0 Å². The largest absolute Gasteiger partial charge is 0.465 e. The molecule has 4 aliphatic carbocycles. The van der Waals surface area contributed by atoms with Crippen LogP contribution in [0.25, 0.3) is 6.08 Å². The molecule has 3 nitrogen and oxygen atoms in total. The van der Waals surface area contributed by atoms with E-state index in [1.807, 2.05) is 18.2 Å². The van der Waals surface area contributed by atoms with Crippen LogP contribution < -0.4 is 0 Å². The molecule has 0 unspecified atom stereocenters. The van der Waals surface area contributed by atoms with E-state index >= 15 is 0 Å². The molecule has 0 radical (unpaired) electrons. The maximum Gasteiger partial charge on any atom is 0.182 e. The molecule has 5 rings (SSSR count). The van der Waals surface area contributed by atoms with Gasteiger partial charge in [0.15, 0.2) is 11.6 Å². The highest BCUT2D eigenvalue weighted by Gasteiger charge is 2.61. The number of carbonyl (C=O) groups excluding carboxylic acids is 2. The summed E-state index contributed by atoms with van der Waals surface area (Å²) in [6.07, 6.45) is 15.5. The summed E-state index contributed by atoms with van der Waals surface area (Å²) in [7, 11) is 0. The summed E-state index contributed by atoms with van der Waals surface area (Å²) in [6.45, 7) is 14.5. The lowest BCUT2D eigenvalue weighted by Crippen LogP contribution is -2.53. The maximum atomic E-state index is 13.6. The molecule has 0 saturated heterocycles. The van der Waals surface area contributed by atoms with Crippen LogP contribution in [0.4, 0.5) is 0 Å². The molecule has 37 heavy (non-hydrogen) atoms. The van der Waals surface area contributed by atoms with Gasteiger partial charge < -0.3 is 4.42 Å². The summed E-state index contributed by atoms with van der Waals surface area (Å²) in [4.78, 5) is 26.6. The summed E-state index contributed by atoms with van der Waals surface area (Å²) in [5, 5.41) is 0. The summed E-state index contributed by atoms with van der Waals surface area (Å²) in [5.41, 5.74) is 1.69. The molecular formula is C34H48O3. The molecular weight excluding hydrogens is 456 g/mol. The lowest BCUT2D eigenvalue weighted by molar-refractivity contribution is -0.130. The fourth-order valence-corrected chi connectivity index (χ4v) is 9.71. The van der Waals surface area contributed by atoms with E-state index in [0.29, 0.717) is 41.8 Å². The van der Waals surface area contributed by atoms with Gasteiger partial charge in [-0.2, -0.15) is 0 Å². The molecule has 3 fully saturated rings. The first kappa shape index (κ1) is 26.7. The number of allylic oxidation sites excluding steroid dienone is 2. The Morgan fingerprint density at radius 3 is 2.54 bits per heavy atom. The van der Waals surface area contributed by atoms with Gasteiger partial charge in [-0.1, -0.05) is 54.4 Å². The molecule has 0 aromatic carbocycles. The zero-order valence-corrected chi connectivity index (χ0v) is 24.0. The van der Waals surface area contributed by atoms with E-state index in [1.165, 1.54) is 44.9 Å². The normalized spacial score (nSPS) is 38.2. The van der Waals surface area contributed by atoms with E-state index < -0.39 is 0 Å². The van der Waals surface area contributed by atoms with E-state index in [1.54, 1.807) is 12.3 Å². The Kier molecular flexibility index (Phi) is 7.22. The molecule has 0 bridgehead atoms. The lowest BCUT2D eigenvalue weighted by atomic mass is 9.46. The van der Waals surface area contributed by atoms with Crippen molar-refractivity contribution in [2.75, 3.05) is 0 Å². The Balaban J connectivity index is 1.37. The minimum absolute atomic E-state index is 0.0159. The lowest BCUT2D eigenvalue weighted by Gasteiger charge is -2.58. The molecule has 4 aliphatic rings. The summed E-state index contributed by atoms with van der Waals surface area (Å²) < 4.78 is 5.52. The molecule has 202 valence electrons. The summed E-state index contributed by atoms with van der Waals surface area (Å²) >= 11 is 0. The molecule has 0 N–H and O–H groups in total. The minimum Gasteiger partial charge on any atom is -0.465 e. The number of rotatable bonds is 7. The first-order valence-corrected chi connectivity index (χ1v) is 15.1. The Labute approximate surface area is 224 Å². The van der Waals surface area contributed by atoms with Crippen molar-refractivity contribution in [3.8, 4) is 0 Å². The number of Topliss-reactive ketones (excluding diaryl/α,β-unsaturated/α-hetero) is 1. The van der Waals surface area contributed by atoms with Gasteiger partial charge in [0.05, 0.1) is 6.26 Å². The zero-order valence-electron chi connectivity index (χ0n) is 24.0. The zero-order chi connectivity index (χ0) is 26.5. The number of ketones is 2. The van der Waals surface area contributed by atoms with Crippen molar-refractivity contribution < 1.29 is 14.0 Å². The van der Waals surface area contributed by atoms with Crippen LogP contribution >= 0.6 is 0 Å². The van der Waals surface area contributed by atoms with Crippen molar-refractivity contribution in [2.45, 2.75) is 99.3 Å². The number of furan rings is 1. The van der Waals surface area contributed by atoms with Crippen molar-refractivity contribution in [2.24, 2.45) is 52.3 Å². The Bertz CT molecular complexity index is 1070. The minimum atomic E-state index is -0.247. The molecule has 1 aromatic rings. The Morgan fingerprint density at radius 1 is 1.08 bits per heavy atom. The van der Waals surface area contributed by atoms with Gasteiger partial charge in [-0.05, 0) is 110 Å². The smallest absolute Gasteiger partial charge is 0.182 e.